The number of likely N-dealkylation sites (N-methyl/N-ethyl adjacent to an activating group) is 1. The van der Waals surface area contributed by atoms with Gasteiger partial charge in [-0.1, -0.05) is 15.9 Å². The van der Waals surface area contributed by atoms with Crippen LogP contribution >= 0.6 is 15.9 Å². The van der Waals surface area contributed by atoms with Crippen LogP contribution in [0.2, 0.25) is 0 Å². The van der Waals surface area contributed by atoms with Crippen molar-refractivity contribution < 1.29 is 0 Å². The van der Waals surface area contributed by atoms with Gasteiger partial charge in [0.1, 0.15) is 6.07 Å². The summed E-state index contributed by atoms with van der Waals surface area (Å²) in [5, 5.41) is 9.26. The molecule has 1 heterocycles. The number of anilines is 1. The van der Waals surface area contributed by atoms with Crippen molar-refractivity contribution in [1.29, 1.82) is 5.26 Å². The number of hydrogen-bond donors (Lipinski definition) is 0. The van der Waals surface area contributed by atoms with E-state index >= 15 is 0 Å². The maximum atomic E-state index is 9.26. The maximum absolute atomic E-state index is 9.26. The van der Waals surface area contributed by atoms with Crippen LogP contribution in [0.4, 0.5) is 5.69 Å². The van der Waals surface area contributed by atoms with Gasteiger partial charge in [-0.05, 0) is 32.3 Å². The second kappa shape index (κ2) is 7.07. The van der Waals surface area contributed by atoms with Gasteiger partial charge in [0, 0.05) is 43.7 Å². The molecule has 0 atom stereocenters. The third-order valence-corrected chi connectivity index (χ3v) is 4.15. The summed E-state index contributed by atoms with van der Waals surface area (Å²) in [6.07, 6.45) is 0. The van der Waals surface area contributed by atoms with E-state index < -0.39 is 0 Å². The van der Waals surface area contributed by atoms with Crippen molar-refractivity contribution in [3.63, 3.8) is 0 Å². The van der Waals surface area contributed by atoms with E-state index in [1.165, 1.54) is 0 Å². The van der Waals surface area contributed by atoms with E-state index in [0.29, 0.717) is 0 Å². The Morgan fingerprint density at radius 1 is 1.25 bits per heavy atom. The van der Waals surface area contributed by atoms with E-state index in [1.54, 1.807) is 0 Å². The number of piperazine rings is 1. The number of rotatable bonds is 4. The maximum Gasteiger partial charge on any atom is 0.101 e. The van der Waals surface area contributed by atoms with Gasteiger partial charge >= 0.3 is 0 Å². The highest BCUT2D eigenvalue weighted by Gasteiger charge is 2.19. The van der Waals surface area contributed by atoms with E-state index in [9.17, 15) is 5.26 Å². The highest BCUT2D eigenvalue weighted by atomic mass is 79.9. The first-order valence-corrected chi connectivity index (χ1v) is 7.71. The molecule has 0 N–H and O–H groups in total. The molecule has 0 spiro atoms. The largest absolute Gasteiger partial charge is 0.368 e. The van der Waals surface area contributed by atoms with E-state index in [1.807, 2.05) is 18.2 Å². The molecule has 0 aliphatic carbocycles. The quantitative estimate of drug-likeness (QED) is 0.842. The SMILES string of the molecule is CN(C)CCN1CCN(c2ccc(Br)cc2C#N)CC1. The van der Waals surface area contributed by atoms with Crippen molar-refractivity contribution in [1.82, 2.24) is 9.80 Å². The Kier molecular flexibility index (Phi) is 5.41. The Hall–Kier alpha value is -1.09. The standard InChI is InChI=1S/C15H21BrN4/c1-18(2)5-6-19-7-9-20(10-8-19)15-4-3-14(16)11-13(15)12-17/h3-4,11H,5-10H2,1-2H3. The van der Waals surface area contributed by atoms with Gasteiger partial charge in [-0.15, -0.1) is 0 Å². The molecular formula is C15H21BrN4. The van der Waals surface area contributed by atoms with E-state index in [0.717, 1.165) is 55.0 Å². The van der Waals surface area contributed by atoms with Crippen LogP contribution < -0.4 is 4.90 Å². The van der Waals surface area contributed by atoms with Crippen LogP contribution in [0.25, 0.3) is 0 Å². The van der Waals surface area contributed by atoms with Crippen LogP contribution in [-0.2, 0) is 0 Å². The van der Waals surface area contributed by atoms with E-state index in [4.69, 9.17) is 0 Å². The molecule has 2 rings (SSSR count). The molecule has 20 heavy (non-hydrogen) atoms. The second-order valence-electron chi connectivity index (χ2n) is 5.41. The number of benzene rings is 1. The van der Waals surface area contributed by atoms with Gasteiger partial charge in [0.25, 0.3) is 0 Å². The van der Waals surface area contributed by atoms with Crippen molar-refractivity contribution in [2.75, 3.05) is 58.3 Å². The first-order chi connectivity index (χ1) is 9.60. The molecule has 108 valence electrons. The molecule has 1 aromatic rings. The third kappa shape index (κ3) is 3.95. The predicted molar refractivity (Wildman–Crippen MR) is 86.1 cm³/mol. The minimum absolute atomic E-state index is 0.751. The van der Waals surface area contributed by atoms with Crippen molar-refractivity contribution in [2.45, 2.75) is 0 Å². The minimum Gasteiger partial charge on any atom is -0.368 e. The topological polar surface area (TPSA) is 33.5 Å². The van der Waals surface area contributed by atoms with Crippen LogP contribution in [0.15, 0.2) is 22.7 Å². The Morgan fingerprint density at radius 3 is 2.55 bits per heavy atom. The van der Waals surface area contributed by atoms with Gasteiger partial charge < -0.3 is 9.80 Å². The van der Waals surface area contributed by atoms with Crippen molar-refractivity contribution >= 4 is 21.6 Å². The second-order valence-corrected chi connectivity index (χ2v) is 6.32. The molecule has 0 amide bonds. The number of nitrogens with zero attached hydrogens (tertiary/aromatic N) is 4. The number of nitriles is 1. The highest BCUT2D eigenvalue weighted by Crippen LogP contribution is 2.24. The summed E-state index contributed by atoms with van der Waals surface area (Å²) in [4.78, 5) is 7.02. The summed E-state index contributed by atoms with van der Waals surface area (Å²) in [5.74, 6) is 0. The summed E-state index contributed by atoms with van der Waals surface area (Å²) in [6.45, 7) is 6.32. The summed E-state index contributed by atoms with van der Waals surface area (Å²) in [6, 6.07) is 8.24. The normalized spacial score (nSPS) is 16.4. The third-order valence-electron chi connectivity index (χ3n) is 3.66. The Balaban J connectivity index is 1.96. The Labute approximate surface area is 129 Å². The molecular weight excluding hydrogens is 316 g/mol. The minimum atomic E-state index is 0.751. The lowest BCUT2D eigenvalue weighted by Gasteiger charge is -2.36. The van der Waals surface area contributed by atoms with Crippen LogP contribution in [0.5, 0.6) is 0 Å². The molecule has 1 aromatic carbocycles. The molecule has 1 fully saturated rings. The van der Waals surface area contributed by atoms with Gasteiger partial charge in [0.2, 0.25) is 0 Å². The summed E-state index contributed by atoms with van der Waals surface area (Å²) >= 11 is 3.42. The lowest BCUT2D eigenvalue weighted by atomic mass is 10.1. The average Bonchev–Trinajstić information content (AvgIpc) is 2.45. The lowest BCUT2D eigenvalue weighted by Crippen LogP contribution is -2.48. The van der Waals surface area contributed by atoms with Gasteiger partial charge in [0.05, 0.1) is 11.3 Å². The van der Waals surface area contributed by atoms with Crippen molar-refractivity contribution in [3.05, 3.63) is 28.2 Å². The van der Waals surface area contributed by atoms with Crippen LogP contribution in [0.1, 0.15) is 5.56 Å². The van der Waals surface area contributed by atoms with Crippen molar-refractivity contribution in [2.24, 2.45) is 0 Å². The molecule has 0 saturated carbocycles. The highest BCUT2D eigenvalue weighted by molar-refractivity contribution is 9.10. The molecule has 4 nitrogen and oxygen atoms in total. The fraction of sp³-hybridized carbons (Fsp3) is 0.533. The molecule has 1 aliphatic heterocycles. The van der Waals surface area contributed by atoms with Crippen LogP contribution in [0, 0.1) is 11.3 Å². The molecule has 0 radical (unpaired) electrons. The summed E-state index contributed by atoms with van der Waals surface area (Å²) in [7, 11) is 4.22. The molecule has 1 saturated heterocycles. The first-order valence-electron chi connectivity index (χ1n) is 6.92. The molecule has 5 heteroatoms. The molecule has 0 bridgehead atoms. The van der Waals surface area contributed by atoms with Crippen LogP contribution in [0.3, 0.4) is 0 Å². The summed E-state index contributed by atoms with van der Waals surface area (Å²) < 4.78 is 0.961. The Morgan fingerprint density at radius 2 is 1.95 bits per heavy atom. The predicted octanol–water partition coefficient (Wildman–Crippen LogP) is 2.00. The van der Waals surface area contributed by atoms with Gasteiger partial charge in [-0.2, -0.15) is 5.26 Å². The zero-order valence-corrected chi connectivity index (χ0v) is 13.7. The average molecular weight is 337 g/mol. The zero-order chi connectivity index (χ0) is 14.5. The van der Waals surface area contributed by atoms with Gasteiger partial charge in [-0.3, -0.25) is 4.90 Å². The first kappa shape index (κ1) is 15.3. The van der Waals surface area contributed by atoms with Gasteiger partial charge in [0.15, 0.2) is 0 Å². The van der Waals surface area contributed by atoms with Crippen LogP contribution in [-0.4, -0.2) is 63.2 Å². The van der Waals surface area contributed by atoms with Gasteiger partial charge in [-0.25, -0.2) is 0 Å². The number of hydrogen-bond acceptors (Lipinski definition) is 4. The molecule has 1 aliphatic rings. The van der Waals surface area contributed by atoms with Crippen molar-refractivity contribution in [3.8, 4) is 6.07 Å². The monoisotopic (exact) mass is 336 g/mol. The Bertz CT molecular complexity index is 487. The molecule has 0 aromatic heterocycles. The lowest BCUT2D eigenvalue weighted by molar-refractivity contribution is 0.229. The zero-order valence-electron chi connectivity index (χ0n) is 12.1. The fourth-order valence-electron chi connectivity index (χ4n) is 2.43. The fourth-order valence-corrected chi connectivity index (χ4v) is 2.79. The molecule has 0 unspecified atom stereocenters. The van der Waals surface area contributed by atoms with E-state index in [2.05, 4.69) is 50.8 Å². The summed E-state index contributed by atoms with van der Waals surface area (Å²) in [5.41, 5.74) is 1.81. The number of halogens is 1. The smallest absolute Gasteiger partial charge is 0.101 e. The van der Waals surface area contributed by atoms with E-state index in [-0.39, 0.29) is 0 Å².